The summed E-state index contributed by atoms with van der Waals surface area (Å²) in [7, 11) is 0. The van der Waals surface area contributed by atoms with Gasteiger partial charge in [-0.05, 0) is 18.4 Å². The molecule has 0 aliphatic carbocycles. The van der Waals surface area contributed by atoms with Crippen LogP contribution in [0.25, 0.3) is 0 Å². The number of rotatable bonds is 11. The number of nitrogens with one attached hydrogen (secondary N) is 1. The summed E-state index contributed by atoms with van der Waals surface area (Å²) in [5, 5.41) is 57.9. The Balaban J connectivity index is 4.29. The summed E-state index contributed by atoms with van der Waals surface area (Å²) in [4.78, 5) is 10.9. The van der Waals surface area contributed by atoms with Crippen LogP contribution in [0.2, 0.25) is 0 Å². The van der Waals surface area contributed by atoms with Crippen LogP contribution in [0.4, 0.5) is 0 Å². The van der Waals surface area contributed by atoms with Crippen molar-refractivity contribution in [3.63, 3.8) is 0 Å². The molecule has 0 aliphatic heterocycles. The molecule has 0 aromatic heterocycles. The van der Waals surface area contributed by atoms with E-state index >= 15 is 0 Å². The van der Waals surface area contributed by atoms with E-state index in [0.29, 0.717) is 12.2 Å². The number of carboxylic acids is 1. The quantitative estimate of drug-likeness (QED) is 0.215. The summed E-state index contributed by atoms with van der Waals surface area (Å²) in [6.45, 7) is -1.02. The SMILES string of the molecule is CSCC[C@H](NCC(O)C(O)C(O)C(O)CO)C(=O)O. The fourth-order valence-corrected chi connectivity index (χ4v) is 1.97. The first-order valence-electron chi connectivity index (χ1n) is 6.13. The average molecular weight is 313 g/mol. The van der Waals surface area contributed by atoms with Crippen molar-refractivity contribution in [2.75, 3.05) is 25.2 Å². The van der Waals surface area contributed by atoms with Crippen LogP contribution in [0, 0.1) is 0 Å². The lowest BCUT2D eigenvalue weighted by atomic mass is 10.0. The second kappa shape index (κ2) is 10.3. The first-order valence-corrected chi connectivity index (χ1v) is 7.52. The molecule has 8 nitrogen and oxygen atoms in total. The average Bonchev–Trinajstić information content (AvgIpc) is 2.43. The van der Waals surface area contributed by atoms with Gasteiger partial charge in [0.05, 0.1) is 12.7 Å². The molecule has 0 rings (SSSR count). The highest BCUT2D eigenvalue weighted by Gasteiger charge is 2.30. The van der Waals surface area contributed by atoms with Crippen LogP contribution >= 0.6 is 11.8 Å². The molecule has 0 radical (unpaired) electrons. The Morgan fingerprint density at radius 1 is 1.15 bits per heavy atom. The number of hydrogen-bond donors (Lipinski definition) is 7. The smallest absolute Gasteiger partial charge is 0.320 e. The molecule has 0 spiro atoms. The van der Waals surface area contributed by atoms with Gasteiger partial charge >= 0.3 is 5.97 Å². The summed E-state index contributed by atoms with van der Waals surface area (Å²) in [6, 6.07) is -0.871. The van der Waals surface area contributed by atoms with Crippen molar-refractivity contribution in [1.82, 2.24) is 5.32 Å². The first kappa shape index (κ1) is 19.6. The standard InChI is InChI=1S/C11H23NO7S/c1-20-3-2-6(11(18)19)12-4-7(14)9(16)10(17)8(15)5-13/h6-10,12-17H,2-5H2,1H3,(H,18,19)/t6-,7?,8?,9?,10?/m0/s1. The summed E-state index contributed by atoms with van der Waals surface area (Å²) < 4.78 is 0. The third-order valence-electron chi connectivity index (χ3n) is 2.81. The van der Waals surface area contributed by atoms with Crippen molar-refractivity contribution >= 4 is 17.7 Å². The van der Waals surface area contributed by atoms with Crippen molar-refractivity contribution in [2.45, 2.75) is 36.9 Å². The maximum atomic E-state index is 10.9. The highest BCUT2D eigenvalue weighted by atomic mass is 32.2. The lowest BCUT2D eigenvalue weighted by molar-refractivity contribution is -0.140. The molecular weight excluding hydrogens is 290 g/mol. The van der Waals surface area contributed by atoms with Crippen molar-refractivity contribution in [2.24, 2.45) is 0 Å². The van der Waals surface area contributed by atoms with Crippen molar-refractivity contribution in [1.29, 1.82) is 0 Å². The van der Waals surface area contributed by atoms with Gasteiger partial charge in [-0.15, -0.1) is 0 Å². The van der Waals surface area contributed by atoms with Crippen LogP contribution < -0.4 is 5.32 Å². The number of thioether (sulfide) groups is 1. The van der Waals surface area contributed by atoms with Gasteiger partial charge in [0.25, 0.3) is 0 Å². The molecule has 0 bridgehead atoms. The van der Waals surface area contributed by atoms with Crippen LogP contribution in [-0.2, 0) is 4.79 Å². The third-order valence-corrected chi connectivity index (χ3v) is 3.45. The van der Waals surface area contributed by atoms with E-state index in [9.17, 15) is 20.1 Å². The van der Waals surface area contributed by atoms with Crippen LogP contribution in [0.5, 0.6) is 0 Å². The molecular formula is C11H23NO7S. The Labute approximate surface area is 121 Å². The minimum Gasteiger partial charge on any atom is -0.480 e. The summed E-state index contributed by atoms with van der Waals surface area (Å²) in [5.41, 5.74) is 0. The van der Waals surface area contributed by atoms with Gasteiger partial charge in [0.2, 0.25) is 0 Å². The lowest BCUT2D eigenvalue weighted by Gasteiger charge is -2.26. The van der Waals surface area contributed by atoms with E-state index < -0.39 is 43.0 Å². The maximum absolute atomic E-state index is 10.9. The van der Waals surface area contributed by atoms with Crippen LogP contribution in [0.15, 0.2) is 0 Å². The molecule has 0 saturated heterocycles. The molecule has 0 heterocycles. The van der Waals surface area contributed by atoms with Gasteiger partial charge in [0, 0.05) is 6.54 Å². The van der Waals surface area contributed by atoms with E-state index in [-0.39, 0.29) is 6.54 Å². The Kier molecular flexibility index (Phi) is 10.1. The van der Waals surface area contributed by atoms with Crippen molar-refractivity contribution in [3.8, 4) is 0 Å². The number of aliphatic hydroxyl groups excluding tert-OH is 5. The lowest BCUT2D eigenvalue weighted by Crippen LogP contribution is -2.51. The van der Waals surface area contributed by atoms with E-state index in [0.717, 1.165) is 0 Å². The highest BCUT2D eigenvalue weighted by Crippen LogP contribution is 2.06. The fraction of sp³-hybridized carbons (Fsp3) is 0.909. The topological polar surface area (TPSA) is 150 Å². The maximum Gasteiger partial charge on any atom is 0.320 e. The van der Waals surface area contributed by atoms with Crippen LogP contribution in [0.3, 0.4) is 0 Å². The largest absolute Gasteiger partial charge is 0.480 e. The molecule has 4 unspecified atom stereocenters. The highest BCUT2D eigenvalue weighted by molar-refractivity contribution is 7.98. The molecule has 0 fully saturated rings. The van der Waals surface area contributed by atoms with Gasteiger partial charge in [-0.25, -0.2) is 0 Å². The van der Waals surface area contributed by atoms with Gasteiger partial charge in [0.1, 0.15) is 24.4 Å². The van der Waals surface area contributed by atoms with Gasteiger partial charge in [-0.3, -0.25) is 4.79 Å². The minimum atomic E-state index is -1.72. The molecule has 0 aromatic carbocycles. The predicted molar refractivity (Wildman–Crippen MR) is 73.5 cm³/mol. The Morgan fingerprint density at radius 3 is 2.15 bits per heavy atom. The van der Waals surface area contributed by atoms with Gasteiger partial charge < -0.3 is 36.0 Å². The summed E-state index contributed by atoms with van der Waals surface area (Å²) in [5.74, 6) is -0.453. The van der Waals surface area contributed by atoms with E-state index in [2.05, 4.69) is 5.32 Å². The number of carbonyl (C=O) groups is 1. The van der Waals surface area contributed by atoms with Gasteiger partial charge in [0.15, 0.2) is 0 Å². The van der Waals surface area contributed by atoms with Gasteiger partial charge in [-0.2, -0.15) is 11.8 Å². The fourth-order valence-electron chi connectivity index (χ4n) is 1.50. The first-order chi connectivity index (χ1) is 9.34. The summed E-state index contributed by atoms with van der Waals surface area (Å²) in [6.07, 6.45) is -4.27. The monoisotopic (exact) mass is 313 g/mol. The summed E-state index contributed by atoms with van der Waals surface area (Å²) >= 11 is 1.48. The zero-order chi connectivity index (χ0) is 15.7. The Morgan fingerprint density at radius 2 is 1.70 bits per heavy atom. The van der Waals surface area contributed by atoms with Gasteiger partial charge in [-0.1, -0.05) is 0 Å². The van der Waals surface area contributed by atoms with Crippen molar-refractivity contribution < 1.29 is 35.4 Å². The minimum absolute atomic E-state index is 0.262. The van der Waals surface area contributed by atoms with E-state index in [1.165, 1.54) is 11.8 Å². The molecule has 20 heavy (non-hydrogen) atoms. The van der Waals surface area contributed by atoms with E-state index in [4.69, 9.17) is 15.3 Å². The van der Waals surface area contributed by atoms with Crippen LogP contribution in [-0.4, -0.2) is 92.2 Å². The second-order valence-electron chi connectivity index (χ2n) is 4.38. The zero-order valence-electron chi connectivity index (χ0n) is 11.2. The molecule has 0 aliphatic rings. The number of aliphatic carboxylic acids is 1. The van der Waals surface area contributed by atoms with E-state index in [1.807, 2.05) is 6.26 Å². The molecule has 9 heteroatoms. The number of hydrogen-bond acceptors (Lipinski definition) is 8. The third kappa shape index (κ3) is 6.84. The molecule has 120 valence electrons. The van der Waals surface area contributed by atoms with E-state index in [1.54, 1.807) is 0 Å². The predicted octanol–water partition coefficient (Wildman–Crippen LogP) is -2.78. The molecule has 0 amide bonds. The second-order valence-corrected chi connectivity index (χ2v) is 5.36. The molecule has 0 saturated carbocycles. The van der Waals surface area contributed by atoms with Crippen molar-refractivity contribution in [3.05, 3.63) is 0 Å². The number of aliphatic hydroxyl groups is 5. The normalized spacial score (nSPS) is 19.1. The van der Waals surface area contributed by atoms with Crippen LogP contribution in [0.1, 0.15) is 6.42 Å². The zero-order valence-corrected chi connectivity index (χ0v) is 12.0. The molecule has 7 N–H and O–H groups in total. The molecule has 5 atom stereocenters. The number of carboxylic acid groups (broad SMARTS) is 1. The Hall–Kier alpha value is -0.420. The Bertz CT molecular complexity index is 281. The molecule has 0 aromatic rings.